The van der Waals surface area contributed by atoms with Crippen LogP contribution in [0.5, 0.6) is 5.75 Å². The molecule has 0 radical (unpaired) electrons. The fourth-order valence-electron chi connectivity index (χ4n) is 1.68. The van der Waals surface area contributed by atoms with Crippen molar-refractivity contribution >= 4 is 0 Å². The molecular weight excluding hydrogens is 257 g/mol. The highest BCUT2D eigenvalue weighted by Gasteiger charge is 2.30. The van der Waals surface area contributed by atoms with Gasteiger partial charge < -0.3 is 10.2 Å². The topological polar surface area (TPSA) is 26.2 Å². The second-order valence-corrected chi connectivity index (χ2v) is 4.06. The Morgan fingerprint density at radius 2 is 1.68 bits per heavy atom. The zero-order valence-electron chi connectivity index (χ0n) is 10.2. The van der Waals surface area contributed by atoms with Crippen LogP contribution in [-0.4, -0.2) is 11.0 Å². The maximum Gasteiger partial charge on any atom is 0.573 e. The number of hydrogen-bond donors (Lipinski definition) is 1. The van der Waals surface area contributed by atoms with E-state index in [2.05, 4.69) is 10.2 Å². The van der Waals surface area contributed by atoms with Gasteiger partial charge in [0.25, 0.3) is 0 Å². The number of alkyl halides is 3. The summed E-state index contributed by atoms with van der Waals surface area (Å²) in [6, 6.07) is 9.52. The minimum atomic E-state index is -4.66. The predicted octanol–water partition coefficient (Wildman–Crippen LogP) is 3.69. The highest BCUT2D eigenvalue weighted by Crippen LogP contribution is 2.24. The molecule has 0 saturated carbocycles. The van der Waals surface area contributed by atoms with Gasteiger partial charge in [-0.05, 0) is 36.8 Å². The minimum absolute atomic E-state index is 0.0349. The van der Waals surface area contributed by atoms with Crippen LogP contribution >= 0.6 is 0 Å². The van der Waals surface area contributed by atoms with E-state index >= 15 is 0 Å². The standard InChI is InChI=1S/C13H13F3N2O/c1-10(17-18-8-2-3-9-18)11-4-6-12(7-5-11)19-13(14,15)16/h2-10,17H,1H3. The summed E-state index contributed by atoms with van der Waals surface area (Å²) >= 11 is 0. The van der Waals surface area contributed by atoms with Crippen LogP contribution in [0.3, 0.4) is 0 Å². The predicted molar refractivity (Wildman–Crippen MR) is 65.3 cm³/mol. The van der Waals surface area contributed by atoms with Crippen molar-refractivity contribution in [2.24, 2.45) is 0 Å². The van der Waals surface area contributed by atoms with Crippen LogP contribution in [0.2, 0.25) is 0 Å². The maximum atomic E-state index is 12.0. The van der Waals surface area contributed by atoms with Crippen molar-refractivity contribution in [3.8, 4) is 5.75 Å². The molecule has 3 nitrogen and oxygen atoms in total. The van der Waals surface area contributed by atoms with Crippen molar-refractivity contribution in [1.82, 2.24) is 4.68 Å². The molecular formula is C13H13F3N2O. The van der Waals surface area contributed by atoms with Crippen LogP contribution in [0.4, 0.5) is 13.2 Å². The van der Waals surface area contributed by atoms with Crippen LogP contribution in [0.15, 0.2) is 48.8 Å². The summed E-state index contributed by atoms with van der Waals surface area (Å²) in [7, 11) is 0. The summed E-state index contributed by atoms with van der Waals surface area (Å²) in [4.78, 5) is 0. The third kappa shape index (κ3) is 3.94. The van der Waals surface area contributed by atoms with E-state index in [9.17, 15) is 13.2 Å². The van der Waals surface area contributed by atoms with E-state index in [0.29, 0.717) is 0 Å². The van der Waals surface area contributed by atoms with E-state index in [1.165, 1.54) is 12.1 Å². The Hall–Kier alpha value is -2.11. The number of halogens is 3. The van der Waals surface area contributed by atoms with Crippen LogP contribution in [0.25, 0.3) is 0 Å². The molecule has 0 bridgehead atoms. The van der Waals surface area contributed by atoms with E-state index in [0.717, 1.165) is 5.56 Å². The van der Waals surface area contributed by atoms with Crippen LogP contribution in [0.1, 0.15) is 18.5 Å². The van der Waals surface area contributed by atoms with Crippen molar-refractivity contribution in [3.05, 3.63) is 54.4 Å². The average Bonchev–Trinajstić information content (AvgIpc) is 2.80. The molecule has 0 aliphatic carbocycles. The molecule has 0 amide bonds. The van der Waals surface area contributed by atoms with Crippen molar-refractivity contribution in [2.45, 2.75) is 19.3 Å². The lowest BCUT2D eigenvalue weighted by molar-refractivity contribution is -0.274. The molecule has 1 atom stereocenters. The number of nitrogens with one attached hydrogen (secondary N) is 1. The Morgan fingerprint density at radius 1 is 1.11 bits per heavy atom. The minimum Gasteiger partial charge on any atom is -0.406 e. The highest BCUT2D eigenvalue weighted by molar-refractivity contribution is 5.30. The molecule has 0 saturated heterocycles. The third-order valence-corrected chi connectivity index (χ3v) is 2.56. The number of ether oxygens (including phenoxy) is 1. The Balaban J connectivity index is 2.01. The van der Waals surface area contributed by atoms with Gasteiger partial charge in [0.1, 0.15) is 5.75 Å². The number of benzene rings is 1. The van der Waals surface area contributed by atoms with Gasteiger partial charge in [0.15, 0.2) is 0 Å². The Bertz CT molecular complexity index is 506. The number of nitrogens with zero attached hydrogens (tertiary/aromatic N) is 1. The Labute approximate surface area is 108 Å². The SMILES string of the molecule is CC(Nn1cccc1)c1ccc(OC(F)(F)F)cc1. The van der Waals surface area contributed by atoms with Gasteiger partial charge in [-0.3, -0.25) is 4.68 Å². The first-order chi connectivity index (χ1) is 8.94. The Morgan fingerprint density at radius 3 is 2.21 bits per heavy atom. The molecule has 0 spiro atoms. The van der Waals surface area contributed by atoms with Crippen LogP contribution in [-0.2, 0) is 0 Å². The van der Waals surface area contributed by atoms with E-state index in [-0.39, 0.29) is 11.8 Å². The molecule has 0 fully saturated rings. The molecule has 1 heterocycles. The fourth-order valence-corrected chi connectivity index (χ4v) is 1.68. The normalized spacial score (nSPS) is 13.1. The molecule has 2 rings (SSSR count). The maximum absolute atomic E-state index is 12.0. The van der Waals surface area contributed by atoms with E-state index < -0.39 is 6.36 Å². The average molecular weight is 270 g/mol. The van der Waals surface area contributed by atoms with Gasteiger partial charge in [-0.2, -0.15) is 0 Å². The lowest BCUT2D eigenvalue weighted by atomic mass is 10.1. The number of aromatic nitrogens is 1. The van der Waals surface area contributed by atoms with Crippen LogP contribution in [0, 0.1) is 0 Å². The first kappa shape index (κ1) is 13.3. The number of rotatable bonds is 4. The van der Waals surface area contributed by atoms with E-state index in [4.69, 9.17) is 0 Å². The van der Waals surface area contributed by atoms with Gasteiger partial charge in [-0.25, -0.2) is 0 Å². The molecule has 1 unspecified atom stereocenters. The molecule has 19 heavy (non-hydrogen) atoms. The van der Waals surface area contributed by atoms with Gasteiger partial charge in [-0.15, -0.1) is 13.2 Å². The van der Waals surface area contributed by atoms with Gasteiger partial charge in [-0.1, -0.05) is 12.1 Å². The third-order valence-electron chi connectivity index (χ3n) is 2.56. The van der Waals surface area contributed by atoms with Gasteiger partial charge in [0, 0.05) is 12.4 Å². The molecule has 0 aliphatic rings. The second kappa shape index (κ2) is 5.26. The zero-order chi connectivity index (χ0) is 13.9. The first-order valence-electron chi connectivity index (χ1n) is 5.69. The Kier molecular flexibility index (Phi) is 3.69. The largest absolute Gasteiger partial charge is 0.573 e. The van der Waals surface area contributed by atoms with E-state index in [1.807, 2.05) is 31.5 Å². The summed E-state index contributed by atoms with van der Waals surface area (Å²) < 4.78 is 41.6. The van der Waals surface area contributed by atoms with Gasteiger partial charge in [0.2, 0.25) is 0 Å². The summed E-state index contributed by atoms with van der Waals surface area (Å²) in [6.07, 6.45) is -0.966. The van der Waals surface area contributed by atoms with Gasteiger partial charge in [0.05, 0.1) is 6.04 Å². The van der Waals surface area contributed by atoms with Crippen LogP contribution < -0.4 is 10.2 Å². The van der Waals surface area contributed by atoms with Crippen molar-refractivity contribution in [3.63, 3.8) is 0 Å². The second-order valence-electron chi connectivity index (χ2n) is 4.06. The van der Waals surface area contributed by atoms with Crippen molar-refractivity contribution < 1.29 is 17.9 Å². The molecule has 102 valence electrons. The summed E-state index contributed by atoms with van der Waals surface area (Å²) in [6.45, 7) is 1.92. The lowest BCUT2D eigenvalue weighted by Crippen LogP contribution is -2.18. The first-order valence-corrected chi connectivity index (χ1v) is 5.69. The molecule has 6 heteroatoms. The molecule has 0 aliphatic heterocycles. The zero-order valence-corrected chi connectivity index (χ0v) is 10.2. The molecule has 2 aromatic rings. The van der Waals surface area contributed by atoms with Crippen molar-refractivity contribution in [1.29, 1.82) is 0 Å². The highest BCUT2D eigenvalue weighted by atomic mass is 19.4. The summed E-state index contributed by atoms with van der Waals surface area (Å²) in [5, 5.41) is 0. The van der Waals surface area contributed by atoms with Gasteiger partial charge >= 0.3 is 6.36 Å². The monoisotopic (exact) mass is 270 g/mol. The molecule has 1 aromatic carbocycles. The molecule has 1 aromatic heterocycles. The van der Waals surface area contributed by atoms with Crippen molar-refractivity contribution in [2.75, 3.05) is 5.43 Å². The quantitative estimate of drug-likeness (QED) is 0.917. The van der Waals surface area contributed by atoms with E-state index in [1.54, 1.807) is 16.8 Å². The smallest absolute Gasteiger partial charge is 0.406 e. The summed E-state index contributed by atoms with van der Waals surface area (Å²) in [5.41, 5.74) is 4.02. The fraction of sp³-hybridized carbons (Fsp3) is 0.231. The lowest BCUT2D eigenvalue weighted by Gasteiger charge is -2.17. The molecule has 1 N–H and O–H groups in total. The summed E-state index contributed by atoms with van der Waals surface area (Å²) in [5.74, 6) is -0.218. The number of hydrogen-bond acceptors (Lipinski definition) is 2.